The molecule has 0 unspecified atom stereocenters. The molecule has 1 saturated heterocycles. The Balaban J connectivity index is 1.72. The Morgan fingerprint density at radius 2 is 1.70 bits per heavy atom. The van der Waals surface area contributed by atoms with E-state index in [9.17, 15) is 33.6 Å². The van der Waals surface area contributed by atoms with E-state index in [0.29, 0.717) is 18.4 Å². The Morgan fingerprint density at radius 1 is 1.00 bits per heavy atom. The Morgan fingerprint density at radius 3 is 2.33 bits per heavy atom. The molecule has 3 rings (SSSR count). The van der Waals surface area contributed by atoms with Gasteiger partial charge in [-0.15, -0.1) is 0 Å². The van der Waals surface area contributed by atoms with Gasteiger partial charge >= 0.3 is 6.18 Å². The highest BCUT2D eigenvalue weighted by Gasteiger charge is 2.42. The van der Waals surface area contributed by atoms with Gasteiger partial charge in [0.15, 0.2) is 0 Å². The normalized spacial score (nSPS) is 27.3. The minimum absolute atomic E-state index is 0.216. The number of nitrogens with zero attached hydrogens (tertiary/aromatic N) is 1. The maximum atomic E-state index is 12.9. The molecule has 0 saturated carbocycles. The number of pyridine rings is 1. The molecule has 0 bridgehead atoms. The summed E-state index contributed by atoms with van der Waals surface area (Å²) in [5.74, 6) is 0. The summed E-state index contributed by atoms with van der Waals surface area (Å²) in [6.45, 7) is 1.33. The monoisotopic (exact) mass is 427 g/mol. The molecular formula is C21H24F3NO5. The first-order chi connectivity index (χ1) is 14.1. The summed E-state index contributed by atoms with van der Waals surface area (Å²) < 4.78 is 44.3. The molecule has 1 aromatic heterocycles. The van der Waals surface area contributed by atoms with E-state index in [2.05, 4.69) is 4.98 Å². The first-order valence-corrected chi connectivity index (χ1v) is 9.55. The van der Waals surface area contributed by atoms with E-state index < -0.39 is 48.9 Å². The van der Waals surface area contributed by atoms with Crippen molar-refractivity contribution in [3.8, 4) is 11.3 Å². The number of halogens is 3. The zero-order chi connectivity index (χ0) is 22.1. The van der Waals surface area contributed by atoms with E-state index in [1.54, 1.807) is 18.2 Å². The summed E-state index contributed by atoms with van der Waals surface area (Å²) in [7, 11) is 0. The first-order valence-electron chi connectivity index (χ1n) is 9.55. The average molecular weight is 427 g/mol. The summed E-state index contributed by atoms with van der Waals surface area (Å²) in [5.41, 5.74) is 1.72. The predicted octanol–water partition coefficient (Wildman–Crippen LogP) is 1.85. The van der Waals surface area contributed by atoms with E-state index in [0.717, 1.165) is 29.5 Å². The number of benzene rings is 1. The quantitative estimate of drug-likeness (QED) is 0.581. The molecule has 1 fully saturated rings. The number of ether oxygens (including phenoxy) is 1. The molecule has 6 nitrogen and oxygen atoms in total. The second-order valence-electron chi connectivity index (χ2n) is 7.47. The van der Waals surface area contributed by atoms with E-state index in [1.807, 2.05) is 6.92 Å². The molecule has 164 valence electrons. The molecule has 0 amide bonds. The van der Waals surface area contributed by atoms with Gasteiger partial charge in [-0.25, -0.2) is 0 Å². The lowest BCUT2D eigenvalue weighted by Crippen LogP contribution is -2.58. The SMILES string of the molecule is Cc1cc(-c2cc(C(F)(F)F)ccn2)ccc1CC[C@H]1O[C@H](CO)[C@@H](O)[C@H](O)[C@@H]1O. The molecule has 9 heteroatoms. The van der Waals surface area contributed by atoms with Gasteiger partial charge in [0.05, 0.1) is 24.0 Å². The average Bonchev–Trinajstić information content (AvgIpc) is 2.72. The van der Waals surface area contributed by atoms with Gasteiger partial charge in [0.1, 0.15) is 24.4 Å². The zero-order valence-corrected chi connectivity index (χ0v) is 16.3. The molecule has 0 radical (unpaired) electrons. The highest BCUT2D eigenvalue weighted by molar-refractivity contribution is 5.61. The van der Waals surface area contributed by atoms with Gasteiger partial charge in [-0.3, -0.25) is 4.98 Å². The second kappa shape index (κ2) is 8.99. The smallest absolute Gasteiger partial charge is 0.394 e. The minimum Gasteiger partial charge on any atom is -0.394 e. The largest absolute Gasteiger partial charge is 0.416 e. The fraction of sp³-hybridized carbons (Fsp3) is 0.476. The topological polar surface area (TPSA) is 103 Å². The molecule has 4 N–H and O–H groups in total. The van der Waals surface area contributed by atoms with Crippen molar-refractivity contribution in [3.63, 3.8) is 0 Å². The van der Waals surface area contributed by atoms with Crippen LogP contribution in [0, 0.1) is 6.92 Å². The van der Waals surface area contributed by atoms with Crippen LogP contribution in [0.15, 0.2) is 36.5 Å². The van der Waals surface area contributed by atoms with Crippen molar-refractivity contribution in [1.29, 1.82) is 0 Å². The van der Waals surface area contributed by atoms with Crippen LogP contribution in [0.25, 0.3) is 11.3 Å². The molecule has 5 atom stereocenters. The van der Waals surface area contributed by atoms with Gasteiger partial charge in [0, 0.05) is 11.8 Å². The van der Waals surface area contributed by atoms with Crippen molar-refractivity contribution in [2.75, 3.05) is 6.61 Å². The van der Waals surface area contributed by atoms with Crippen LogP contribution in [-0.4, -0.2) is 62.5 Å². The lowest BCUT2D eigenvalue weighted by molar-refractivity contribution is -0.230. The van der Waals surface area contributed by atoms with Gasteiger partial charge in [-0.05, 0) is 49.1 Å². The van der Waals surface area contributed by atoms with E-state index in [-0.39, 0.29) is 5.69 Å². The number of hydrogen-bond acceptors (Lipinski definition) is 6. The van der Waals surface area contributed by atoms with Gasteiger partial charge in [0.25, 0.3) is 0 Å². The van der Waals surface area contributed by atoms with Crippen LogP contribution in [0.2, 0.25) is 0 Å². The lowest BCUT2D eigenvalue weighted by Gasteiger charge is -2.40. The van der Waals surface area contributed by atoms with Crippen molar-refractivity contribution >= 4 is 0 Å². The number of hydrogen-bond donors (Lipinski definition) is 4. The molecule has 0 spiro atoms. The van der Waals surface area contributed by atoms with Crippen molar-refractivity contribution in [3.05, 3.63) is 53.2 Å². The Labute approximate surface area is 171 Å². The third-order valence-electron chi connectivity index (χ3n) is 5.42. The van der Waals surface area contributed by atoms with Crippen LogP contribution in [0.3, 0.4) is 0 Å². The zero-order valence-electron chi connectivity index (χ0n) is 16.3. The van der Waals surface area contributed by atoms with Crippen LogP contribution < -0.4 is 0 Å². The summed E-state index contributed by atoms with van der Waals surface area (Å²) in [4.78, 5) is 4.03. The molecule has 2 aromatic rings. The van der Waals surface area contributed by atoms with Crippen LogP contribution in [0.4, 0.5) is 13.2 Å². The Bertz CT molecular complexity index is 874. The summed E-state index contributed by atoms with van der Waals surface area (Å²) in [5, 5.41) is 39.1. The number of alkyl halides is 3. The van der Waals surface area contributed by atoms with Crippen molar-refractivity contribution < 1.29 is 38.3 Å². The number of aromatic nitrogens is 1. The second-order valence-corrected chi connectivity index (χ2v) is 7.47. The molecule has 1 aromatic carbocycles. The van der Waals surface area contributed by atoms with Gasteiger partial charge in [-0.2, -0.15) is 13.2 Å². The minimum atomic E-state index is -4.45. The van der Waals surface area contributed by atoms with Crippen molar-refractivity contribution in [1.82, 2.24) is 4.98 Å². The van der Waals surface area contributed by atoms with E-state index >= 15 is 0 Å². The van der Waals surface area contributed by atoms with E-state index in [1.165, 1.54) is 0 Å². The fourth-order valence-corrected chi connectivity index (χ4v) is 3.62. The first kappa shape index (κ1) is 22.6. The summed E-state index contributed by atoms with van der Waals surface area (Å²) in [6, 6.07) is 7.12. The lowest BCUT2D eigenvalue weighted by atomic mass is 9.91. The Hall–Kier alpha value is -2.04. The van der Waals surface area contributed by atoms with Crippen LogP contribution in [0.1, 0.15) is 23.1 Å². The summed E-state index contributed by atoms with van der Waals surface area (Å²) >= 11 is 0. The van der Waals surface area contributed by atoms with Gasteiger partial charge in [-0.1, -0.05) is 12.1 Å². The third kappa shape index (κ3) is 4.81. The number of aliphatic hydroxyl groups is 4. The number of rotatable bonds is 5. The fourth-order valence-electron chi connectivity index (χ4n) is 3.62. The molecule has 30 heavy (non-hydrogen) atoms. The maximum absolute atomic E-state index is 12.9. The van der Waals surface area contributed by atoms with Gasteiger partial charge < -0.3 is 25.2 Å². The summed E-state index contributed by atoms with van der Waals surface area (Å²) in [6.07, 6.45) is -8.38. The van der Waals surface area contributed by atoms with Crippen LogP contribution >= 0.6 is 0 Å². The highest BCUT2D eigenvalue weighted by atomic mass is 19.4. The molecular weight excluding hydrogens is 403 g/mol. The predicted molar refractivity (Wildman–Crippen MR) is 102 cm³/mol. The third-order valence-corrected chi connectivity index (χ3v) is 5.42. The van der Waals surface area contributed by atoms with E-state index in [4.69, 9.17) is 4.74 Å². The molecule has 0 aliphatic carbocycles. The molecule has 1 aliphatic heterocycles. The van der Waals surface area contributed by atoms with Crippen LogP contribution in [-0.2, 0) is 17.3 Å². The van der Waals surface area contributed by atoms with Gasteiger partial charge in [0.2, 0.25) is 0 Å². The number of aliphatic hydroxyl groups excluding tert-OH is 4. The Kier molecular flexibility index (Phi) is 6.78. The van der Waals surface area contributed by atoms with Crippen LogP contribution in [0.5, 0.6) is 0 Å². The molecule has 2 heterocycles. The highest BCUT2D eigenvalue weighted by Crippen LogP contribution is 2.32. The van der Waals surface area contributed by atoms with Crippen molar-refractivity contribution in [2.24, 2.45) is 0 Å². The standard InChI is InChI=1S/C21H24F3NO5/c1-11-8-13(15-9-14(6-7-25-15)21(22,23)24)3-2-12(11)4-5-16-18(27)20(29)19(28)17(10-26)30-16/h2-3,6-9,16-20,26-29H,4-5,10H2,1H3/t16-,17-,18-,19-,20-/m1/s1. The number of aryl methyl sites for hydroxylation is 2. The molecule has 1 aliphatic rings. The maximum Gasteiger partial charge on any atom is 0.416 e. The van der Waals surface area contributed by atoms with Crippen molar-refractivity contribution in [2.45, 2.75) is 56.5 Å².